The van der Waals surface area contributed by atoms with Gasteiger partial charge in [-0.2, -0.15) is 0 Å². The molecule has 122 valence electrons. The third kappa shape index (κ3) is 2.64. The van der Waals surface area contributed by atoms with Crippen LogP contribution in [-0.2, 0) is 0 Å². The number of fused-ring (bicyclic) bond motifs is 1. The number of halogens is 1. The molecular weight excluding hydrogens is 385 g/mol. The first-order valence-corrected chi connectivity index (χ1v) is 10.0. The van der Waals surface area contributed by atoms with E-state index in [1.54, 1.807) is 0 Å². The molecule has 0 N–H and O–H groups in total. The summed E-state index contributed by atoms with van der Waals surface area (Å²) in [5, 5.41) is 5.29. The maximum absolute atomic E-state index is 6.09. The zero-order chi connectivity index (χ0) is 16.7. The molecule has 0 spiro atoms. The Morgan fingerprint density at radius 2 is 1.71 bits per heavy atom. The molecule has 5 heteroatoms. The van der Waals surface area contributed by atoms with Gasteiger partial charge in [0.15, 0.2) is 0 Å². The SMILES string of the molecule is CC1c2nn[se]c2C(c2ccc(Cl)cc2)N(C)C1c1ccccc1. The Morgan fingerprint density at radius 3 is 2.42 bits per heavy atom. The molecule has 3 unspecified atom stereocenters. The summed E-state index contributed by atoms with van der Waals surface area (Å²) in [5.41, 5.74) is 3.77. The van der Waals surface area contributed by atoms with Crippen molar-refractivity contribution in [3.05, 3.63) is 80.9 Å². The summed E-state index contributed by atoms with van der Waals surface area (Å²) in [4.78, 5) is 2.47. The van der Waals surface area contributed by atoms with Gasteiger partial charge in [-0.1, -0.05) is 0 Å². The van der Waals surface area contributed by atoms with E-state index in [4.69, 9.17) is 11.6 Å². The Kier molecular flexibility index (Phi) is 4.31. The molecule has 0 fully saturated rings. The summed E-state index contributed by atoms with van der Waals surface area (Å²) >= 11 is 6.17. The first-order chi connectivity index (χ1) is 11.7. The molecule has 0 bridgehead atoms. The Hall–Kier alpha value is -1.45. The van der Waals surface area contributed by atoms with E-state index in [2.05, 4.69) is 70.5 Å². The molecule has 4 rings (SSSR count). The third-order valence-corrected chi connectivity index (χ3v) is 6.78. The fourth-order valence-electron chi connectivity index (χ4n) is 3.76. The van der Waals surface area contributed by atoms with Crippen LogP contribution in [0.1, 0.15) is 46.2 Å². The van der Waals surface area contributed by atoms with Crippen LogP contribution in [0.4, 0.5) is 0 Å². The number of hydrogen-bond acceptors (Lipinski definition) is 3. The number of aromatic nitrogens is 2. The van der Waals surface area contributed by atoms with E-state index in [9.17, 15) is 0 Å². The van der Waals surface area contributed by atoms with Gasteiger partial charge in [0, 0.05) is 0 Å². The van der Waals surface area contributed by atoms with Crippen LogP contribution in [0.5, 0.6) is 0 Å². The van der Waals surface area contributed by atoms with E-state index in [0.717, 1.165) is 5.02 Å². The molecule has 0 saturated carbocycles. The third-order valence-electron chi connectivity index (χ3n) is 4.87. The van der Waals surface area contributed by atoms with E-state index in [0.29, 0.717) is 12.0 Å². The molecule has 1 aromatic heterocycles. The summed E-state index contributed by atoms with van der Waals surface area (Å²) < 4.78 is 5.78. The first kappa shape index (κ1) is 16.0. The molecule has 3 atom stereocenters. The van der Waals surface area contributed by atoms with Crippen molar-refractivity contribution in [1.29, 1.82) is 0 Å². The van der Waals surface area contributed by atoms with Crippen molar-refractivity contribution in [1.82, 2.24) is 14.1 Å². The number of nitrogens with zero attached hydrogens (tertiary/aromatic N) is 3. The van der Waals surface area contributed by atoms with E-state index in [1.807, 2.05) is 12.1 Å². The summed E-state index contributed by atoms with van der Waals surface area (Å²) in [7, 11) is 2.21. The van der Waals surface area contributed by atoms with Crippen molar-refractivity contribution in [3.63, 3.8) is 0 Å². The van der Waals surface area contributed by atoms with Gasteiger partial charge in [-0.25, -0.2) is 0 Å². The van der Waals surface area contributed by atoms with Gasteiger partial charge >= 0.3 is 153 Å². The predicted molar refractivity (Wildman–Crippen MR) is 97.6 cm³/mol. The van der Waals surface area contributed by atoms with Crippen LogP contribution in [-0.4, -0.2) is 35.9 Å². The fraction of sp³-hybridized carbons (Fsp3) is 0.263. The molecule has 3 nitrogen and oxygen atoms in total. The van der Waals surface area contributed by atoms with Gasteiger partial charge in [-0.15, -0.1) is 0 Å². The molecule has 0 amide bonds. The van der Waals surface area contributed by atoms with Crippen molar-refractivity contribution in [2.45, 2.75) is 24.9 Å². The summed E-state index contributed by atoms with van der Waals surface area (Å²) in [6.45, 7) is 2.27. The van der Waals surface area contributed by atoms with Gasteiger partial charge < -0.3 is 0 Å². The van der Waals surface area contributed by atoms with E-state index in [-0.39, 0.29) is 20.8 Å². The van der Waals surface area contributed by atoms with Gasteiger partial charge in [0.2, 0.25) is 0 Å². The molecule has 1 aliphatic heterocycles. The summed E-state index contributed by atoms with van der Waals surface area (Å²) in [6.07, 6.45) is 0. The minimum absolute atomic E-state index is 0.0871. The quantitative estimate of drug-likeness (QED) is 0.605. The molecule has 1 aliphatic rings. The number of hydrogen-bond donors (Lipinski definition) is 0. The molecule has 0 aliphatic carbocycles. The first-order valence-electron chi connectivity index (χ1n) is 8.01. The van der Waals surface area contributed by atoms with Crippen LogP contribution in [0.25, 0.3) is 0 Å². The average Bonchev–Trinajstić information content (AvgIpc) is 3.07. The molecule has 3 aromatic rings. The van der Waals surface area contributed by atoms with E-state index >= 15 is 0 Å². The van der Waals surface area contributed by atoms with Crippen LogP contribution >= 0.6 is 11.6 Å². The maximum atomic E-state index is 6.09. The second-order valence-electron chi connectivity index (χ2n) is 6.29. The monoisotopic (exact) mass is 403 g/mol. The number of benzene rings is 2. The van der Waals surface area contributed by atoms with Gasteiger partial charge in [0.05, 0.1) is 0 Å². The molecule has 2 heterocycles. The molecule has 24 heavy (non-hydrogen) atoms. The normalized spacial score (nSPS) is 23.9. The second kappa shape index (κ2) is 6.45. The van der Waals surface area contributed by atoms with Crippen LogP contribution < -0.4 is 0 Å². The van der Waals surface area contributed by atoms with Crippen molar-refractivity contribution in [2.24, 2.45) is 0 Å². The van der Waals surface area contributed by atoms with Crippen LogP contribution in [0, 0.1) is 0 Å². The zero-order valence-electron chi connectivity index (χ0n) is 13.6. The zero-order valence-corrected chi connectivity index (χ0v) is 16.0. The summed E-state index contributed by atoms with van der Waals surface area (Å²) in [6, 6.07) is 19.4. The number of likely N-dealkylation sites (N-methyl/N-ethyl adjacent to an activating group) is 1. The second-order valence-corrected chi connectivity index (χ2v) is 8.37. The topological polar surface area (TPSA) is 29.0 Å². The van der Waals surface area contributed by atoms with E-state index in [1.165, 1.54) is 21.3 Å². The Balaban J connectivity index is 1.84. The van der Waals surface area contributed by atoms with Gasteiger partial charge in [0.25, 0.3) is 0 Å². The summed E-state index contributed by atoms with van der Waals surface area (Å²) in [5.74, 6) is 0.337. The standard InChI is InChI=1S/C19H18ClN3Se/c1-12-16-19(24-22-21-16)18(14-8-10-15(20)11-9-14)23(2)17(12)13-6-4-3-5-7-13/h3-12,17-18H,1-2H3. The molecule has 0 saturated heterocycles. The number of rotatable bonds is 2. The Bertz CT molecular complexity index is 831. The molecule has 2 aromatic carbocycles. The van der Waals surface area contributed by atoms with Gasteiger partial charge in [-0.05, 0) is 0 Å². The Morgan fingerprint density at radius 1 is 1.00 bits per heavy atom. The predicted octanol–water partition coefficient (Wildman–Crippen LogP) is 4.07. The van der Waals surface area contributed by atoms with Crippen molar-refractivity contribution >= 4 is 26.3 Å². The minimum atomic E-state index is 0.0871. The van der Waals surface area contributed by atoms with Crippen molar-refractivity contribution in [2.75, 3.05) is 7.05 Å². The van der Waals surface area contributed by atoms with Crippen LogP contribution in [0.2, 0.25) is 5.02 Å². The molecular formula is C19H18ClN3Se. The van der Waals surface area contributed by atoms with Crippen LogP contribution in [0.15, 0.2) is 54.6 Å². The van der Waals surface area contributed by atoms with Gasteiger partial charge in [0.1, 0.15) is 0 Å². The fourth-order valence-corrected chi connectivity index (χ4v) is 5.86. The van der Waals surface area contributed by atoms with Crippen molar-refractivity contribution < 1.29 is 0 Å². The van der Waals surface area contributed by atoms with Crippen LogP contribution in [0.3, 0.4) is 0 Å². The molecule has 0 radical (unpaired) electrons. The average molecular weight is 403 g/mol. The van der Waals surface area contributed by atoms with E-state index < -0.39 is 0 Å². The van der Waals surface area contributed by atoms with Gasteiger partial charge in [-0.3, -0.25) is 0 Å². The van der Waals surface area contributed by atoms with Crippen molar-refractivity contribution in [3.8, 4) is 0 Å². The Labute approximate surface area is 153 Å².